The molecule has 5 heteroatoms. The van der Waals surface area contributed by atoms with Crippen molar-refractivity contribution in [3.63, 3.8) is 0 Å². The highest BCUT2D eigenvalue weighted by atomic mass is 35.9. The van der Waals surface area contributed by atoms with Crippen molar-refractivity contribution in [2.75, 3.05) is 6.61 Å². The summed E-state index contributed by atoms with van der Waals surface area (Å²) in [7, 11) is 0. The summed E-state index contributed by atoms with van der Waals surface area (Å²) < 4.78 is 2.60. The second-order valence-electron chi connectivity index (χ2n) is 1.24. The van der Waals surface area contributed by atoms with Crippen LogP contribution >= 0.6 is 27.2 Å². The van der Waals surface area contributed by atoms with E-state index in [1.165, 1.54) is 12.1 Å². The molecule has 54 valence electrons. The standard InChI is InChI=1S/C4H7Cl2OPS/c1-2-7-3-4-8(5,6)9/h3-4H,2H2,1H3. The van der Waals surface area contributed by atoms with E-state index in [2.05, 4.69) is 11.8 Å². The summed E-state index contributed by atoms with van der Waals surface area (Å²) in [5, 5.41) is 0. The van der Waals surface area contributed by atoms with Crippen LogP contribution in [0.2, 0.25) is 0 Å². The minimum absolute atomic E-state index is 0.611. The zero-order valence-electron chi connectivity index (χ0n) is 4.88. The molecule has 1 nitrogen and oxygen atoms in total. The number of hydrogen-bond acceptors (Lipinski definition) is 2. The van der Waals surface area contributed by atoms with Crippen LogP contribution < -0.4 is 0 Å². The van der Waals surface area contributed by atoms with Crippen LogP contribution in [0.5, 0.6) is 0 Å². The maximum atomic E-state index is 5.49. The van der Waals surface area contributed by atoms with Gasteiger partial charge in [-0.05, 0) is 6.92 Å². The van der Waals surface area contributed by atoms with Gasteiger partial charge in [-0.1, -0.05) is 34.3 Å². The Labute approximate surface area is 69.6 Å². The van der Waals surface area contributed by atoms with Crippen molar-refractivity contribution in [3.05, 3.63) is 12.1 Å². The summed E-state index contributed by atoms with van der Waals surface area (Å²) in [6.45, 7) is 2.48. The largest absolute Gasteiger partial charge is 0.501 e. The van der Waals surface area contributed by atoms with Crippen LogP contribution in [0.3, 0.4) is 0 Å². The van der Waals surface area contributed by atoms with E-state index in [9.17, 15) is 0 Å². The van der Waals surface area contributed by atoms with Gasteiger partial charge < -0.3 is 4.74 Å². The molecule has 0 saturated carbocycles. The first-order valence-corrected chi connectivity index (χ1v) is 7.03. The van der Waals surface area contributed by atoms with Crippen LogP contribution in [0.4, 0.5) is 0 Å². The van der Waals surface area contributed by atoms with Gasteiger partial charge in [-0.3, -0.25) is 0 Å². The van der Waals surface area contributed by atoms with Crippen molar-refractivity contribution in [2.24, 2.45) is 0 Å². The molecule has 0 aliphatic carbocycles. The van der Waals surface area contributed by atoms with Gasteiger partial charge in [0.1, 0.15) is 4.74 Å². The second-order valence-corrected chi connectivity index (χ2v) is 9.20. The second kappa shape index (κ2) is 4.56. The topological polar surface area (TPSA) is 9.23 Å². The summed E-state index contributed by atoms with van der Waals surface area (Å²) in [6.07, 6.45) is 1.45. The predicted octanol–water partition coefficient (Wildman–Crippen LogP) is 3.28. The number of halogens is 2. The summed E-state index contributed by atoms with van der Waals surface area (Å²) >= 11 is 15.7. The molecule has 0 unspecified atom stereocenters. The third kappa shape index (κ3) is 8.77. The van der Waals surface area contributed by atoms with Gasteiger partial charge in [0.25, 0.3) is 0 Å². The number of rotatable bonds is 3. The Kier molecular flexibility index (Phi) is 4.96. The average Bonchev–Trinajstić information content (AvgIpc) is 1.63. The van der Waals surface area contributed by atoms with Crippen molar-refractivity contribution in [1.29, 1.82) is 0 Å². The Morgan fingerprint density at radius 3 is 2.56 bits per heavy atom. The molecule has 0 fully saturated rings. The Bertz CT molecular complexity index is 142. The summed E-state index contributed by atoms with van der Waals surface area (Å²) in [4.78, 5) is 0. The molecule has 0 amide bonds. The molecule has 0 spiro atoms. The number of hydrogen-bond donors (Lipinski definition) is 0. The fourth-order valence-electron chi connectivity index (χ4n) is 0.210. The van der Waals surface area contributed by atoms with E-state index in [0.29, 0.717) is 6.61 Å². The van der Waals surface area contributed by atoms with Crippen LogP contribution in [-0.4, -0.2) is 6.61 Å². The van der Waals surface area contributed by atoms with Crippen molar-refractivity contribution >= 4 is 39.0 Å². The molecule has 0 radical (unpaired) electrons. The van der Waals surface area contributed by atoms with E-state index in [4.69, 9.17) is 27.2 Å². The van der Waals surface area contributed by atoms with Crippen molar-refractivity contribution < 1.29 is 4.74 Å². The van der Waals surface area contributed by atoms with Gasteiger partial charge in [0.05, 0.1) is 12.9 Å². The molecule has 0 atom stereocenters. The average molecular weight is 205 g/mol. The van der Waals surface area contributed by atoms with Crippen LogP contribution in [0.1, 0.15) is 6.92 Å². The smallest absolute Gasteiger partial charge is 0.143 e. The predicted molar refractivity (Wildman–Crippen MR) is 46.8 cm³/mol. The molecule has 0 heterocycles. The molecule has 0 saturated heterocycles. The SMILES string of the molecule is CCOC=CP(=S)(Cl)Cl. The van der Waals surface area contributed by atoms with Gasteiger partial charge in [0, 0.05) is 5.82 Å². The third-order valence-corrected chi connectivity index (χ3v) is 2.01. The Hall–Kier alpha value is 0.770. The van der Waals surface area contributed by atoms with Gasteiger partial charge in [0.15, 0.2) is 0 Å². The van der Waals surface area contributed by atoms with E-state index < -0.39 is 4.74 Å². The molecular weight excluding hydrogens is 198 g/mol. The van der Waals surface area contributed by atoms with Crippen molar-refractivity contribution in [1.82, 2.24) is 0 Å². The highest BCUT2D eigenvalue weighted by Crippen LogP contribution is 2.58. The van der Waals surface area contributed by atoms with E-state index in [1.54, 1.807) is 0 Å². The highest BCUT2D eigenvalue weighted by Gasteiger charge is 1.99. The quantitative estimate of drug-likeness (QED) is 0.516. The molecule has 0 aromatic heterocycles. The molecule has 0 N–H and O–H groups in total. The lowest BCUT2D eigenvalue weighted by molar-refractivity contribution is 0.270. The van der Waals surface area contributed by atoms with Crippen LogP contribution in [0.15, 0.2) is 12.1 Å². The van der Waals surface area contributed by atoms with Crippen LogP contribution in [-0.2, 0) is 16.5 Å². The maximum Gasteiger partial charge on any atom is 0.143 e. The van der Waals surface area contributed by atoms with Crippen LogP contribution in [0.25, 0.3) is 0 Å². The Morgan fingerprint density at radius 1 is 1.67 bits per heavy atom. The minimum atomic E-state index is -2.22. The molecule has 9 heavy (non-hydrogen) atoms. The van der Waals surface area contributed by atoms with Crippen molar-refractivity contribution in [3.8, 4) is 0 Å². The lowest BCUT2D eigenvalue weighted by Gasteiger charge is -1.95. The van der Waals surface area contributed by atoms with Gasteiger partial charge in [-0.25, -0.2) is 0 Å². The lowest BCUT2D eigenvalue weighted by atomic mass is 10.9. The molecule has 0 bridgehead atoms. The van der Waals surface area contributed by atoms with Gasteiger partial charge >= 0.3 is 0 Å². The fourth-order valence-corrected chi connectivity index (χ4v) is 0.863. The highest BCUT2D eigenvalue weighted by molar-refractivity contribution is 8.40. The number of ether oxygens (including phenoxy) is 1. The molecule has 0 aliphatic heterocycles. The molecule has 0 aromatic carbocycles. The first kappa shape index (κ1) is 9.77. The van der Waals surface area contributed by atoms with E-state index in [0.717, 1.165) is 0 Å². The summed E-state index contributed by atoms with van der Waals surface area (Å²) in [5.74, 6) is 1.51. The Balaban J connectivity index is 3.58. The van der Waals surface area contributed by atoms with Gasteiger partial charge in [-0.2, -0.15) is 0 Å². The van der Waals surface area contributed by atoms with E-state index in [1.807, 2.05) is 6.92 Å². The minimum Gasteiger partial charge on any atom is -0.501 e. The van der Waals surface area contributed by atoms with Crippen molar-refractivity contribution in [2.45, 2.75) is 6.92 Å². The monoisotopic (exact) mass is 204 g/mol. The molecule has 0 aromatic rings. The summed E-state index contributed by atoms with van der Waals surface area (Å²) in [5.41, 5.74) is 0. The Morgan fingerprint density at radius 2 is 2.22 bits per heavy atom. The van der Waals surface area contributed by atoms with Gasteiger partial charge in [0.2, 0.25) is 0 Å². The normalized spacial score (nSPS) is 12.3. The maximum absolute atomic E-state index is 5.49. The fraction of sp³-hybridized carbons (Fsp3) is 0.500. The zero-order chi connectivity index (χ0) is 7.33. The first-order chi connectivity index (χ1) is 4.06. The summed E-state index contributed by atoms with van der Waals surface area (Å²) in [6, 6.07) is 0. The van der Waals surface area contributed by atoms with Gasteiger partial charge in [-0.15, -0.1) is 0 Å². The molecule has 0 rings (SSSR count). The molecule has 0 aliphatic rings. The van der Waals surface area contributed by atoms with Crippen LogP contribution in [0, 0.1) is 0 Å². The molecular formula is C4H7Cl2OPS. The lowest BCUT2D eigenvalue weighted by Crippen LogP contribution is -1.74. The first-order valence-electron chi connectivity index (χ1n) is 2.34. The third-order valence-electron chi connectivity index (χ3n) is 0.497. The zero-order valence-corrected chi connectivity index (χ0v) is 8.10. The van der Waals surface area contributed by atoms with E-state index >= 15 is 0 Å². The van der Waals surface area contributed by atoms with E-state index in [-0.39, 0.29) is 0 Å².